The monoisotopic (exact) mass is 703 g/mol. The predicted octanol–water partition coefficient (Wildman–Crippen LogP) is 1.51. The molecule has 0 aromatic heterocycles. The molecule has 1 amide bonds. The Bertz CT molecular complexity index is 1580. The summed E-state index contributed by atoms with van der Waals surface area (Å²) in [7, 11) is 0. The molecule has 0 aromatic carbocycles. The zero-order valence-corrected chi connectivity index (χ0v) is 30.0. The Labute approximate surface area is 290 Å². The maximum Gasteiger partial charge on any atom is 0.407 e. The predicted molar refractivity (Wildman–Crippen MR) is 167 cm³/mol. The highest BCUT2D eigenvalue weighted by Crippen LogP contribution is 2.81. The van der Waals surface area contributed by atoms with Crippen LogP contribution in [0, 0.1) is 63.6 Å². The van der Waals surface area contributed by atoms with Crippen LogP contribution in [-0.4, -0.2) is 101 Å². The summed E-state index contributed by atoms with van der Waals surface area (Å²) in [5.41, 5.74) is -5.64. The third-order valence-corrected chi connectivity index (χ3v) is 15.3. The van der Waals surface area contributed by atoms with Crippen LogP contribution in [0.3, 0.4) is 0 Å². The lowest BCUT2D eigenvalue weighted by atomic mass is 9.39. The van der Waals surface area contributed by atoms with Gasteiger partial charge >= 0.3 is 24.0 Å². The lowest BCUT2D eigenvalue weighted by Crippen LogP contribution is -2.72. The number of alkyl carbamates (subject to hydrolysis) is 1. The zero-order chi connectivity index (χ0) is 36.4. The lowest BCUT2D eigenvalue weighted by molar-refractivity contribution is -0.246. The summed E-state index contributed by atoms with van der Waals surface area (Å²) in [6.45, 7) is 15.5. The first kappa shape index (κ1) is 34.3. The molecule has 1 spiro atoms. The number of carbonyl (C=O) groups excluding carboxylic acids is 5. The molecule has 8 aliphatic rings. The van der Waals surface area contributed by atoms with Crippen molar-refractivity contribution in [1.82, 2.24) is 5.32 Å². The fraction of sp³-hybridized carbons (Fsp3) is 0.861. The molecular formula is C36H49NO13. The number of epoxide rings is 2. The van der Waals surface area contributed by atoms with Gasteiger partial charge in [-0.3, -0.25) is 14.4 Å². The van der Waals surface area contributed by atoms with E-state index in [0.29, 0.717) is 6.42 Å². The van der Waals surface area contributed by atoms with Crippen molar-refractivity contribution in [3.8, 4) is 0 Å². The second-order valence-corrected chi connectivity index (χ2v) is 17.2. The fourth-order valence-corrected chi connectivity index (χ4v) is 13.5. The third-order valence-electron chi connectivity index (χ3n) is 15.3. The molecule has 20 atom stereocenters. The van der Waals surface area contributed by atoms with Crippen LogP contribution in [0.2, 0.25) is 0 Å². The Hall–Kier alpha value is -2.81. The molecule has 276 valence electrons. The van der Waals surface area contributed by atoms with E-state index in [-0.39, 0.29) is 24.3 Å². The van der Waals surface area contributed by atoms with Crippen LogP contribution in [0.5, 0.6) is 0 Å². The van der Waals surface area contributed by atoms with E-state index >= 15 is 4.79 Å². The summed E-state index contributed by atoms with van der Waals surface area (Å²) in [6, 6.07) is 0. The molecule has 5 aliphatic carbocycles. The number of ether oxygens (including phenoxy) is 6. The van der Waals surface area contributed by atoms with E-state index in [9.17, 15) is 29.4 Å². The van der Waals surface area contributed by atoms with E-state index < -0.39 is 130 Å². The van der Waals surface area contributed by atoms with Gasteiger partial charge in [0.1, 0.15) is 24.4 Å². The molecule has 3 aliphatic heterocycles. The topological polar surface area (TPSA) is 200 Å². The van der Waals surface area contributed by atoms with Gasteiger partial charge in [-0.1, -0.05) is 27.7 Å². The quantitative estimate of drug-likeness (QED) is 0.217. The van der Waals surface area contributed by atoms with Gasteiger partial charge in [0.15, 0.2) is 17.5 Å². The molecule has 3 heterocycles. The van der Waals surface area contributed by atoms with Gasteiger partial charge < -0.3 is 44.0 Å². The highest BCUT2D eigenvalue weighted by molar-refractivity contribution is 5.90. The SMILES string of the molecule is CCNC(=O)OC1C(=O)[C@H]2[C@@H]3[C@@H](O)[C@@H]4[C@H]([C@H](C)[C@H]5O[C@]56OC(=O)[C@@](C)(O)[C@]46C)[C@@]3(C)[C@@H](OC(C)=O)[C@@H](C)[C@@H]2[C@]2(C)[C@@H]1C[C@@H]1O[C@@H]1[C@@H]2OC(C)=O. The zero-order valence-electron chi connectivity index (χ0n) is 30.0. The van der Waals surface area contributed by atoms with Gasteiger partial charge in [0.2, 0.25) is 5.79 Å². The molecule has 0 aromatic rings. The molecule has 3 N–H and O–H groups in total. The number of hydrogen-bond acceptors (Lipinski definition) is 13. The van der Waals surface area contributed by atoms with Crippen molar-refractivity contribution in [3.05, 3.63) is 0 Å². The van der Waals surface area contributed by atoms with E-state index in [4.69, 9.17) is 28.4 Å². The summed E-state index contributed by atoms with van der Waals surface area (Å²) >= 11 is 0. The van der Waals surface area contributed by atoms with Gasteiger partial charge in [-0.15, -0.1) is 0 Å². The highest BCUT2D eigenvalue weighted by atomic mass is 16.8. The maximum atomic E-state index is 15.3. The van der Waals surface area contributed by atoms with Gasteiger partial charge in [-0.25, -0.2) is 9.59 Å². The Morgan fingerprint density at radius 2 is 1.54 bits per heavy atom. The summed E-state index contributed by atoms with van der Waals surface area (Å²) in [5, 5.41) is 27.5. The minimum absolute atomic E-state index is 0.268. The van der Waals surface area contributed by atoms with Gasteiger partial charge in [0.05, 0.1) is 17.6 Å². The van der Waals surface area contributed by atoms with Crippen LogP contribution in [0.4, 0.5) is 4.79 Å². The van der Waals surface area contributed by atoms with Crippen molar-refractivity contribution in [2.45, 2.75) is 123 Å². The van der Waals surface area contributed by atoms with Crippen molar-refractivity contribution in [2.24, 2.45) is 63.6 Å². The molecule has 1 unspecified atom stereocenters. The van der Waals surface area contributed by atoms with Crippen LogP contribution in [0.1, 0.15) is 68.7 Å². The molecule has 8 fully saturated rings. The molecule has 50 heavy (non-hydrogen) atoms. The van der Waals surface area contributed by atoms with Gasteiger partial charge in [0.25, 0.3) is 0 Å². The van der Waals surface area contributed by atoms with E-state index in [2.05, 4.69) is 5.32 Å². The van der Waals surface area contributed by atoms with Crippen molar-refractivity contribution in [3.63, 3.8) is 0 Å². The second kappa shape index (κ2) is 10.2. The molecule has 0 bridgehead atoms. The van der Waals surface area contributed by atoms with E-state index in [1.54, 1.807) is 13.8 Å². The van der Waals surface area contributed by atoms with Crippen LogP contribution < -0.4 is 5.32 Å². The van der Waals surface area contributed by atoms with Crippen molar-refractivity contribution < 1.29 is 62.6 Å². The summed E-state index contributed by atoms with van der Waals surface area (Å²) in [6.07, 6.45) is -6.00. The number of ketones is 1. The molecular weight excluding hydrogens is 654 g/mol. The number of esters is 3. The first-order chi connectivity index (χ1) is 23.3. The standard InChI is InChI=1S/C36H49NO13/c1-10-37-31(43)48-25-16-11-17-26(47-17)29(46-15(5)39)32(16,6)19-12(2)27(45-14(4)38)33(7)20-13(3)28-36(49-28)34(8,35(9,44)30(42)50-36)22(20)24(41)21(33)18(19)23(25)40/h12-13,16-22,24-29,41,44H,10-11H2,1-9H3,(H,37,43)/t12-,13-,16+,17-,18+,19-,20-,21+,22-,24+,25?,26-,27-,28+,29-,32-,33+,34-,35+,36-/m0/s1. The summed E-state index contributed by atoms with van der Waals surface area (Å²) in [5.74, 6) is -9.13. The molecule has 0 radical (unpaired) electrons. The van der Waals surface area contributed by atoms with Crippen molar-refractivity contribution >= 4 is 29.8 Å². The first-order valence-corrected chi connectivity index (χ1v) is 18.1. The van der Waals surface area contributed by atoms with Crippen LogP contribution in [0.15, 0.2) is 0 Å². The van der Waals surface area contributed by atoms with Gasteiger partial charge in [-0.05, 0) is 50.9 Å². The lowest BCUT2D eigenvalue weighted by Gasteiger charge is -2.65. The molecule has 14 heteroatoms. The van der Waals surface area contributed by atoms with Gasteiger partial charge in [-0.2, -0.15) is 0 Å². The largest absolute Gasteiger partial charge is 0.462 e. The van der Waals surface area contributed by atoms with E-state index in [1.165, 1.54) is 20.8 Å². The Morgan fingerprint density at radius 1 is 0.900 bits per heavy atom. The van der Waals surface area contributed by atoms with E-state index in [1.807, 2.05) is 27.7 Å². The highest BCUT2D eigenvalue weighted by Gasteiger charge is 2.93. The fourth-order valence-electron chi connectivity index (χ4n) is 13.5. The average Bonchev–Trinajstić information content (AvgIpc) is 3.92. The number of aliphatic hydroxyl groups excluding tert-OH is 1. The van der Waals surface area contributed by atoms with Crippen molar-refractivity contribution in [1.29, 1.82) is 0 Å². The average molecular weight is 704 g/mol. The number of aliphatic hydroxyl groups is 2. The minimum atomic E-state index is -2.06. The normalized spacial score (nSPS) is 57.6. The van der Waals surface area contributed by atoms with Crippen molar-refractivity contribution in [2.75, 3.05) is 6.54 Å². The molecule has 3 saturated heterocycles. The van der Waals surface area contributed by atoms with Gasteiger partial charge in [0, 0.05) is 54.9 Å². The Morgan fingerprint density at radius 3 is 2.16 bits per heavy atom. The number of Topliss-reactive ketones (excluding diaryl/α,β-unsaturated/α-hetero) is 1. The minimum Gasteiger partial charge on any atom is -0.462 e. The molecule has 14 nitrogen and oxygen atoms in total. The van der Waals surface area contributed by atoms with Crippen LogP contribution in [-0.2, 0) is 47.6 Å². The second-order valence-electron chi connectivity index (χ2n) is 17.2. The summed E-state index contributed by atoms with van der Waals surface area (Å²) in [4.78, 5) is 67.4. The van der Waals surface area contributed by atoms with E-state index in [0.717, 1.165) is 0 Å². The van der Waals surface area contributed by atoms with Crippen LogP contribution >= 0.6 is 0 Å². The number of amides is 1. The number of fused-ring (bicyclic) bond motifs is 9. The molecule has 5 saturated carbocycles. The first-order valence-electron chi connectivity index (χ1n) is 18.1. The Balaban J connectivity index is 1.35. The number of nitrogens with one attached hydrogen (secondary N) is 1. The number of carbonyl (C=O) groups is 5. The number of rotatable bonds is 4. The summed E-state index contributed by atoms with van der Waals surface area (Å²) < 4.78 is 36.5. The van der Waals surface area contributed by atoms with Crippen LogP contribution in [0.25, 0.3) is 0 Å². The molecule has 8 rings (SSSR count). The Kier molecular flexibility index (Phi) is 6.99. The number of hydrogen-bond donors (Lipinski definition) is 3. The third kappa shape index (κ3) is 3.71. The maximum absolute atomic E-state index is 15.3. The smallest absolute Gasteiger partial charge is 0.407 e.